The molecule has 0 bridgehead atoms. The lowest BCUT2D eigenvalue weighted by atomic mass is 10.1. The first-order valence-electron chi connectivity index (χ1n) is 5.91. The lowest BCUT2D eigenvalue weighted by Gasteiger charge is -2.06. The van der Waals surface area contributed by atoms with Gasteiger partial charge in [-0.25, -0.2) is 9.07 Å². The Morgan fingerprint density at radius 1 is 1.15 bits per heavy atom. The molecule has 0 amide bonds. The van der Waals surface area contributed by atoms with Crippen molar-refractivity contribution in [1.82, 2.24) is 24.7 Å². The largest absolute Gasteiger partial charge is 0.368 e. The first-order valence-corrected chi connectivity index (χ1v) is 5.91. The standard InChI is InChI=1S/C13H11FN6/c1-8-5-9(7-10(14)6-8)11-17-12(15)19-13(18-11)20-4-2-3-16-20/h2-7H,1H3,(H2,15,17,18,19). The molecular weight excluding hydrogens is 259 g/mol. The molecule has 0 saturated heterocycles. The molecule has 0 radical (unpaired) electrons. The molecule has 0 unspecified atom stereocenters. The number of nitrogens with two attached hydrogens (primary N) is 1. The van der Waals surface area contributed by atoms with Crippen LogP contribution >= 0.6 is 0 Å². The number of aromatic nitrogens is 5. The molecule has 2 aromatic heterocycles. The quantitative estimate of drug-likeness (QED) is 0.767. The lowest BCUT2D eigenvalue weighted by molar-refractivity contribution is 0.627. The van der Waals surface area contributed by atoms with Crippen molar-refractivity contribution in [2.75, 3.05) is 5.73 Å². The minimum Gasteiger partial charge on any atom is -0.368 e. The fourth-order valence-electron chi connectivity index (χ4n) is 1.86. The predicted molar refractivity (Wildman–Crippen MR) is 71.5 cm³/mol. The average molecular weight is 270 g/mol. The van der Waals surface area contributed by atoms with Gasteiger partial charge in [0.1, 0.15) is 5.82 Å². The van der Waals surface area contributed by atoms with Crippen molar-refractivity contribution in [2.45, 2.75) is 6.92 Å². The molecule has 2 heterocycles. The summed E-state index contributed by atoms with van der Waals surface area (Å²) in [5.74, 6) is 0.312. The van der Waals surface area contributed by atoms with Crippen molar-refractivity contribution < 1.29 is 4.39 Å². The van der Waals surface area contributed by atoms with E-state index in [-0.39, 0.29) is 11.8 Å². The van der Waals surface area contributed by atoms with Gasteiger partial charge in [0.25, 0.3) is 5.95 Å². The normalized spacial score (nSPS) is 10.7. The Balaban J connectivity index is 2.14. The number of hydrogen-bond acceptors (Lipinski definition) is 5. The molecule has 1 aromatic carbocycles. The van der Waals surface area contributed by atoms with Gasteiger partial charge < -0.3 is 5.73 Å². The van der Waals surface area contributed by atoms with Crippen molar-refractivity contribution in [1.29, 1.82) is 0 Å². The predicted octanol–water partition coefficient (Wildman–Crippen LogP) is 1.75. The van der Waals surface area contributed by atoms with E-state index in [1.54, 1.807) is 31.5 Å². The Kier molecular flexibility index (Phi) is 2.86. The van der Waals surface area contributed by atoms with Crippen LogP contribution < -0.4 is 5.73 Å². The zero-order valence-corrected chi connectivity index (χ0v) is 10.7. The van der Waals surface area contributed by atoms with E-state index in [0.29, 0.717) is 17.3 Å². The summed E-state index contributed by atoms with van der Waals surface area (Å²) < 4.78 is 14.9. The summed E-state index contributed by atoms with van der Waals surface area (Å²) in [6.07, 6.45) is 3.29. The first kappa shape index (κ1) is 12.2. The monoisotopic (exact) mass is 270 g/mol. The van der Waals surface area contributed by atoms with Crippen LogP contribution in [0.4, 0.5) is 10.3 Å². The van der Waals surface area contributed by atoms with Crippen LogP contribution in [-0.2, 0) is 0 Å². The molecule has 0 spiro atoms. The van der Waals surface area contributed by atoms with Gasteiger partial charge in [-0.1, -0.05) is 0 Å². The Labute approximate surface area is 114 Å². The van der Waals surface area contributed by atoms with Crippen LogP contribution in [0, 0.1) is 12.7 Å². The van der Waals surface area contributed by atoms with Gasteiger partial charge in [-0.15, -0.1) is 0 Å². The fraction of sp³-hybridized carbons (Fsp3) is 0.0769. The number of halogens is 1. The van der Waals surface area contributed by atoms with E-state index in [9.17, 15) is 4.39 Å². The van der Waals surface area contributed by atoms with E-state index in [2.05, 4.69) is 20.1 Å². The van der Waals surface area contributed by atoms with Crippen molar-refractivity contribution in [3.63, 3.8) is 0 Å². The summed E-state index contributed by atoms with van der Waals surface area (Å²) in [5.41, 5.74) is 7.01. The van der Waals surface area contributed by atoms with Gasteiger partial charge in [0.2, 0.25) is 5.95 Å². The van der Waals surface area contributed by atoms with Gasteiger partial charge in [0.05, 0.1) is 0 Å². The van der Waals surface area contributed by atoms with Crippen molar-refractivity contribution in [2.24, 2.45) is 0 Å². The number of anilines is 1. The number of aryl methyl sites for hydroxylation is 1. The van der Waals surface area contributed by atoms with Crippen molar-refractivity contribution >= 4 is 5.95 Å². The number of nitrogens with zero attached hydrogens (tertiary/aromatic N) is 5. The van der Waals surface area contributed by atoms with Gasteiger partial charge in [-0.05, 0) is 36.8 Å². The highest BCUT2D eigenvalue weighted by atomic mass is 19.1. The topological polar surface area (TPSA) is 82.5 Å². The summed E-state index contributed by atoms with van der Waals surface area (Å²) in [4.78, 5) is 12.3. The second kappa shape index (κ2) is 4.69. The molecule has 0 aliphatic heterocycles. The maximum atomic E-state index is 13.5. The third-order valence-corrected chi connectivity index (χ3v) is 2.65. The van der Waals surface area contributed by atoms with Crippen LogP contribution in [0.2, 0.25) is 0 Å². The van der Waals surface area contributed by atoms with Crippen LogP contribution in [0.1, 0.15) is 5.56 Å². The van der Waals surface area contributed by atoms with Crippen molar-refractivity contribution in [3.05, 3.63) is 48.0 Å². The molecule has 20 heavy (non-hydrogen) atoms. The van der Waals surface area contributed by atoms with Crippen LogP contribution in [0.5, 0.6) is 0 Å². The Morgan fingerprint density at radius 3 is 2.70 bits per heavy atom. The van der Waals surface area contributed by atoms with Gasteiger partial charge in [0.15, 0.2) is 5.82 Å². The molecule has 0 aliphatic carbocycles. The van der Waals surface area contributed by atoms with Gasteiger partial charge >= 0.3 is 0 Å². The third kappa shape index (κ3) is 2.33. The number of hydrogen-bond donors (Lipinski definition) is 1. The SMILES string of the molecule is Cc1cc(F)cc(-c2nc(N)nc(-n3cccn3)n2)c1. The molecule has 0 fully saturated rings. The number of benzene rings is 1. The highest BCUT2D eigenvalue weighted by Gasteiger charge is 2.10. The highest BCUT2D eigenvalue weighted by molar-refractivity contribution is 5.57. The summed E-state index contributed by atoms with van der Waals surface area (Å²) in [6.45, 7) is 1.80. The molecule has 0 saturated carbocycles. The van der Waals surface area contributed by atoms with Crippen molar-refractivity contribution in [3.8, 4) is 17.3 Å². The van der Waals surface area contributed by atoms with E-state index < -0.39 is 0 Å². The Bertz CT molecular complexity index is 733. The molecule has 0 aliphatic rings. The molecule has 3 rings (SSSR count). The summed E-state index contributed by atoms with van der Waals surface area (Å²) in [5, 5.41) is 4.03. The van der Waals surface area contributed by atoms with E-state index in [1.807, 2.05) is 0 Å². The van der Waals surface area contributed by atoms with Gasteiger partial charge in [-0.3, -0.25) is 0 Å². The molecule has 100 valence electrons. The highest BCUT2D eigenvalue weighted by Crippen LogP contribution is 2.19. The fourth-order valence-corrected chi connectivity index (χ4v) is 1.86. The van der Waals surface area contributed by atoms with Crippen LogP contribution in [0.25, 0.3) is 17.3 Å². The van der Waals surface area contributed by atoms with Crippen LogP contribution in [-0.4, -0.2) is 24.7 Å². The maximum absolute atomic E-state index is 13.5. The second-order valence-electron chi connectivity index (χ2n) is 4.29. The number of rotatable bonds is 2. The Morgan fingerprint density at radius 2 is 2.00 bits per heavy atom. The molecular formula is C13H11FN6. The summed E-state index contributed by atoms with van der Waals surface area (Å²) in [7, 11) is 0. The average Bonchev–Trinajstić information content (AvgIpc) is 2.90. The minimum absolute atomic E-state index is 0.0578. The molecule has 0 atom stereocenters. The summed E-state index contributed by atoms with van der Waals surface area (Å²) >= 11 is 0. The molecule has 7 heteroatoms. The van der Waals surface area contributed by atoms with Gasteiger partial charge in [0, 0.05) is 18.0 Å². The third-order valence-electron chi connectivity index (χ3n) is 2.65. The van der Waals surface area contributed by atoms with Gasteiger partial charge in [-0.2, -0.15) is 20.1 Å². The second-order valence-corrected chi connectivity index (χ2v) is 4.29. The summed E-state index contributed by atoms with van der Waals surface area (Å²) in [6, 6.07) is 6.31. The molecule has 3 aromatic rings. The Hall–Kier alpha value is -2.83. The van der Waals surface area contributed by atoms with E-state index in [4.69, 9.17) is 5.73 Å². The van der Waals surface area contributed by atoms with E-state index >= 15 is 0 Å². The first-order chi connectivity index (χ1) is 9.61. The minimum atomic E-state index is -0.348. The van der Waals surface area contributed by atoms with E-state index in [1.165, 1.54) is 16.8 Å². The number of nitrogen functional groups attached to an aromatic ring is 1. The van der Waals surface area contributed by atoms with E-state index in [0.717, 1.165) is 5.56 Å². The van der Waals surface area contributed by atoms with Crippen LogP contribution in [0.3, 0.4) is 0 Å². The maximum Gasteiger partial charge on any atom is 0.255 e. The molecule has 6 nitrogen and oxygen atoms in total. The smallest absolute Gasteiger partial charge is 0.255 e. The lowest BCUT2D eigenvalue weighted by Crippen LogP contribution is -2.08. The van der Waals surface area contributed by atoms with Crippen LogP contribution in [0.15, 0.2) is 36.7 Å². The zero-order chi connectivity index (χ0) is 14.1. The zero-order valence-electron chi connectivity index (χ0n) is 10.7. The molecule has 2 N–H and O–H groups in total.